The fourth-order valence-corrected chi connectivity index (χ4v) is 4.51. The number of nitrogens with zero attached hydrogens (tertiary/aromatic N) is 1. The van der Waals surface area contributed by atoms with E-state index < -0.39 is 34.7 Å². The van der Waals surface area contributed by atoms with Gasteiger partial charge in [0.2, 0.25) is 0 Å². The molecule has 9 nitrogen and oxygen atoms in total. The van der Waals surface area contributed by atoms with E-state index in [-0.39, 0.29) is 39.3 Å². The summed E-state index contributed by atoms with van der Waals surface area (Å²) in [5.41, 5.74) is -2.83. The van der Waals surface area contributed by atoms with Crippen molar-refractivity contribution in [2.45, 2.75) is 63.5 Å². The van der Waals surface area contributed by atoms with E-state index in [1.54, 1.807) is 20.8 Å². The number of aliphatic carboxylic acids is 1. The van der Waals surface area contributed by atoms with Crippen LogP contribution in [0.4, 0.5) is 4.79 Å². The molecule has 1 aliphatic rings. The summed E-state index contributed by atoms with van der Waals surface area (Å²) in [5.74, 6) is -2.09. The van der Waals surface area contributed by atoms with Crippen molar-refractivity contribution in [3.8, 4) is 0 Å². The van der Waals surface area contributed by atoms with E-state index >= 15 is 0 Å². The average Bonchev–Trinajstić information content (AvgIpc) is 3.20. The van der Waals surface area contributed by atoms with E-state index in [0.717, 1.165) is 16.0 Å². The van der Waals surface area contributed by atoms with Crippen molar-refractivity contribution in [3.63, 3.8) is 0 Å². The minimum absolute atomic E-state index is 0.00526. The summed E-state index contributed by atoms with van der Waals surface area (Å²) in [5, 5.41) is 10.4. The molecule has 0 aliphatic carbocycles. The monoisotopic (exact) mass is 513 g/mol. The first-order valence-corrected chi connectivity index (χ1v) is 12.1. The van der Waals surface area contributed by atoms with Crippen molar-refractivity contribution in [2.24, 2.45) is 0 Å². The molecule has 1 fully saturated rings. The number of hydrogen-bond acceptors (Lipinski definition) is 7. The molecule has 200 valence electrons. The maximum atomic E-state index is 13.6. The quantitative estimate of drug-likeness (QED) is 0.471. The fourth-order valence-electron chi connectivity index (χ4n) is 4.51. The van der Waals surface area contributed by atoms with Crippen LogP contribution in [-0.4, -0.2) is 65.0 Å². The van der Waals surface area contributed by atoms with Crippen LogP contribution in [0.25, 0.3) is 0 Å². The average molecular weight is 514 g/mol. The third-order valence-corrected chi connectivity index (χ3v) is 6.25. The first-order valence-electron chi connectivity index (χ1n) is 12.1. The van der Waals surface area contributed by atoms with Gasteiger partial charge >= 0.3 is 18.0 Å². The SMILES string of the molecule is COC(=O)C1(COCc2ccccc2)CCC(COCc2ccccc2)(C(=O)O)N1C(=O)OC(C)(C)C. The Morgan fingerprint density at radius 1 is 0.838 bits per heavy atom. The molecule has 2 aromatic carbocycles. The molecule has 1 saturated heterocycles. The van der Waals surface area contributed by atoms with Crippen molar-refractivity contribution in [1.82, 2.24) is 4.90 Å². The normalized spacial score (nSPS) is 21.5. The number of carboxylic acids is 1. The lowest BCUT2D eigenvalue weighted by Crippen LogP contribution is -2.67. The fraction of sp³-hybridized carbons (Fsp3) is 0.464. The summed E-state index contributed by atoms with van der Waals surface area (Å²) in [6.07, 6.45) is -1.01. The Labute approximate surface area is 217 Å². The zero-order valence-electron chi connectivity index (χ0n) is 21.8. The standard InChI is InChI=1S/C28H35NO8/c1-26(2,3)37-25(33)29-27(23(30)31,19-35-17-21-11-7-5-8-12-21)15-16-28(29,24(32)34-4)20-36-18-22-13-9-6-10-14-22/h5-14H,15-20H2,1-4H3,(H,30,31). The molecule has 1 aliphatic heterocycles. The Kier molecular flexibility index (Phi) is 8.94. The van der Waals surface area contributed by atoms with Gasteiger partial charge in [0.1, 0.15) is 5.60 Å². The van der Waals surface area contributed by atoms with Crippen molar-refractivity contribution in [1.29, 1.82) is 0 Å². The number of rotatable bonds is 10. The lowest BCUT2D eigenvalue weighted by Gasteiger charge is -2.43. The predicted molar refractivity (Wildman–Crippen MR) is 135 cm³/mol. The van der Waals surface area contributed by atoms with Crippen LogP contribution in [0.2, 0.25) is 0 Å². The summed E-state index contributed by atoms with van der Waals surface area (Å²) in [7, 11) is 1.20. The lowest BCUT2D eigenvalue weighted by molar-refractivity contribution is -0.169. The molecule has 0 spiro atoms. The first kappa shape index (κ1) is 28.1. The molecular weight excluding hydrogens is 478 g/mol. The number of likely N-dealkylation sites (tertiary alicyclic amines) is 1. The number of amides is 1. The smallest absolute Gasteiger partial charge is 0.412 e. The zero-order chi connectivity index (χ0) is 27.1. The minimum Gasteiger partial charge on any atom is -0.479 e. The first-order chi connectivity index (χ1) is 17.5. The largest absolute Gasteiger partial charge is 0.479 e. The third kappa shape index (κ3) is 6.47. The number of ether oxygens (including phenoxy) is 4. The van der Waals surface area contributed by atoms with E-state index in [1.165, 1.54) is 7.11 Å². The van der Waals surface area contributed by atoms with Gasteiger partial charge in [0.25, 0.3) is 0 Å². The zero-order valence-corrected chi connectivity index (χ0v) is 21.8. The number of methoxy groups -OCH3 is 1. The number of benzene rings is 2. The van der Waals surface area contributed by atoms with Crippen molar-refractivity contribution < 1.29 is 38.4 Å². The topological polar surface area (TPSA) is 112 Å². The lowest BCUT2D eigenvalue weighted by atomic mass is 9.96. The highest BCUT2D eigenvalue weighted by atomic mass is 16.6. The molecule has 0 aromatic heterocycles. The number of esters is 1. The van der Waals surface area contributed by atoms with Crippen LogP contribution >= 0.6 is 0 Å². The van der Waals surface area contributed by atoms with Gasteiger partial charge < -0.3 is 24.1 Å². The Hall–Kier alpha value is -3.43. The number of carbonyl (C=O) groups is 3. The molecule has 2 unspecified atom stereocenters. The van der Waals surface area contributed by atoms with Gasteiger partial charge in [0, 0.05) is 0 Å². The summed E-state index contributed by atoms with van der Waals surface area (Å²) >= 11 is 0. The summed E-state index contributed by atoms with van der Waals surface area (Å²) < 4.78 is 22.4. The molecule has 0 bridgehead atoms. The highest BCUT2D eigenvalue weighted by Gasteiger charge is 2.66. The van der Waals surface area contributed by atoms with E-state index in [2.05, 4.69) is 0 Å². The molecule has 0 radical (unpaired) electrons. The Morgan fingerprint density at radius 3 is 1.73 bits per heavy atom. The maximum absolute atomic E-state index is 13.6. The van der Waals surface area contributed by atoms with Crippen LogP contribution in [0.15, 0.2) is 60.7 Å². The Morgan fingerprint density at radius 2 is 1.30 bits per heavy atom. The van der Waals surface area contributed by atoms with Gasteiger partial charge in [-0.05, 0) is 44.7 Å². The molecule has 3 rings (SSSR count). The number of carbonyl (C=O) groups excluding carboxylic acids is 2. The van der Waals surface area contributed by atoms with E-state index in [0.29, 0.717) is 0 Å². The van der Waals surface area contributed by atoms with Crippen molar-refractivity contribution in [3.05, 3.63) is 71.8 Å². The molecule has 2 aromatic rings. The van der Waals surface area contributed by atoms with Crippen LogP contribution < -0.4 is 0 Å². The van der Waals surface area contributed by atoms with E-state index in [9.17, 15) is 19.5 Å². The Balaban J connectivity index is 1.96. The van der Waals surface area contributed by atoms with Crippen LogP contribution in [0.5, 0.6) is 0 Å². The van der Waals surface area contributed by atoms with Crippen LogP contribution in [-0.2, 0) is 41.8 Å². The van der Waals surface area contributed by atoms with Crippen molar-refractivity contribution in [2.75, 3.05) is 20.3 Å². The summed E-state index contributed by atoms with van der Waals surface area (Å²) in [6, 6.07) is 18.6. The maximum Gasteiger partial charge on any atom is 0.412 e. The second-order valence-corrected chi connectivity index (χ2v) is 10.1. The molecule has 0 saturated carbocycles. The van der Waals surface area contributed by atoms with Gasteiger partial charge in [-0.15, -0.1) is 0 Å². The van der Waals surface area contributed by atoms with Crippen LogP contribution in [0.3, 0.4) is 0 Å². The third-order valence-electron chi connectivity index (χ3n) is 6.25. The van der Waals surface area contributed by atoms with Crippen molar-refractivity contribution >= 4 is 18.0 Å². The second kappa shape index (κ2) is 11.7. The number of hydrogen-bond donors (Lipinski definition) is 1. The van der Waals surface area contributed by atoms with Gasteiger partial charge in [-0.2, -0.15) is 0 Å². The molecule has 37 heavy (non-hydrogen) atoms. The molecular formula is C28H35NO8. The molecule has 1 amide bonds. The van der Waals surface area contributed by atoms with E-state index in [4.69, 9.17) is 18.9 Å². The highest BCUT2D eigenvalue weighted by Crippen LogP contribution is 2.44. The predicted octanol–water partition coefficient (Wildman–Crippen LogP) is 4.19. The van der Waals surface area contributed by atoms with E-state index in [1.807, 2.05) is 60.7 Å². The summed E-state index contributed by atoms with van der Waals surface area (Å²) in [6.45, 7) is 4.67. The van der Waals surface area contributed by atoms with Gasteiger partial charge in [0.05, 0.1) is 33.5 Å². The van der Waals surface area contributed by atoms with Crippen LogP contribution in [0.1, 0.15) is 44.7 Å². The molecule has 1 heterocycles. The Bertz CT molecular complexity index is 1070. The van der Waals surface area contributed by atoms with Gasteiger partial charge in [-0.25, -0.2) is 14.4 Å². The summed E-state index contributed by atoms with van der Waals surface area (Å²) in [4.78, 5) is 40.7. The number of carboxylic acid groups (broad SMARTS) is 1. The highest BCUT2D eigenvalue weighted by molar-refractivity contribution is 5.93. The molecule has 1 N–H and O–H groups in total. The van der Waals surface area contributed by atoms with Gasteiger partial charge in [-0.1, -0.05) is 60.7 Å². The molecule has 2 atom stereocenters. The minimum atomic E-state index is -1.87. The molecule has 9 heteroatoms. The van der Waals surface area contributed by atoms with Gasteiger partial charge in [-0.3, -0.25) is 4.90 Å². The second-order valence-electron chi connectivity index (χ2n) is 10.1. The van der Waals surface area contributed by atoms with Gasteiger partial charge in [0.15, 0.2) is 11.1 Å². The van der Waals surface area contributed by atoms with Crippen LogP contribution in [0, 0.1) is 0 Å².